The first kappa shape index (κ1) is 8.73. The van der Waals surface area contributed by atoms with E-state index in [1.54, 1.807) is 0 Å². The fourth-order valence-corrected chi connectivity index (χ4v) is 3.82. The van der Waals surface area contributed by atoms with E-state index < -0.39 is 0 Å². The molecule has 14 heavy (non-hydrogen) atoms. The van der Waals surface area contributed by atoms with Gasteiger partial charge < -0.3 is 4.74 Å². The molecule has 1 saturated heterocycles. The predicted molar refractivity (Wildman–Crippen MR) is 52.5 cm³/mol. The lowest BCUT2D eigenvalue weighted by atomic mass is 9.48. The van der Waals surface area contributed by atoms with Gasteiger partial charge in [0, 0.05) is 5.41 Å². The summed E-state index contributed by atoms with van der Waals surface area (Å²) in [6.45, 7) is 1.84. The van der Waals surface area contributed by atoms with Gasteiger partial charge >= 0.3 is 0 Å². The monoisotopic (exact) mass is 191 g/mol. The van der Waals surface area contributed by atoms with Crippen LogP contribution in [0.15, 0.2) is 0 Å². The molecule has 3 fully saturated rings. The van der Waals surface area contributed by atoms with Gasteiger partial charge in [0.05, 0.1) is 24.7 Å². The molecule has 0 radical (unpaired) electrons. The van der Waals surface area contributed by atoms with Crippen LogP contribution in [0.5, 0.6) is 0 Å². The van der Waals surface area contributed by atoms with Crippen LogP contribution in [0.1, 0.15) is 38.5 Å². The Morgan fingerprint density at radius 1 is 1.14 bits per heavy atom. The summed E-state index contributed by atoms with van der Waals surface area (Å²) < 4.78 is 5.27. The quantitative estimate of drug-likeness (QED) is 0.638. The average molecular weight is 191 g/mol. The number of hydrogen-bond donors (Lipinski definition) is 0. The van der Waals surface area contributed by atoms with Crippen LogP contribution in [0.25, 0.3) is 0 Å². The van der Waals surface area contributed by atoms with E-state index >= 15 is 0 Å². The fraction of sp³-hybridized carbons (Fsp3) is 0.917. The number of nitrogens with zero attached hydrogens (tertiary/aromatic N) is 1. The molecule has 2 aliphatic carbocycles. The van der Waals surface area contributed by atoms with Crippen LogP contribution in [0.4, 0.5) is 0 Å². The molecule has 1 heterocycles. The van der Waals surface area contributed by atoms with Crippen LogP contribution in [-0.4, -0.2) is 13.2 Å². The van der Waals surface area contributed by atoms with E-state index in [1.807, 2.05) is 0 Å². The lowest BCUT2D eigenvalue weighted by Gasteiger charge is -2.59. The fourth-order valence-electron chi connectivity index (χ4n) is 3.82. The third-order valence-electron chi connectivity index (χ3n) is 4.56. The lowest BCUT2D eigenvalue weighted by molar-refractivity contribution is -0.208. The molecule has 1 spiro atoms. The zero-order valence-electron chi connectivity index (χ0n) is 8.59. The molecule has 0 unspecified atom stereocenters. The van der Waals surface area contributed by atoms with Crippen molar-refractivity contribution in [1.82, 2.24) is 0 Å². The van der Waals surface area contributed by atoms with Crippen molar-refractivity contribution in [2.75, 3.05) is 13.2 Å². The molecule has 0 amide bonds. The second kappa shape index (κ2) is 2.73. The van der Waals surface area contributed by atoms with Crippen molar-refractivity contribution in [1.29, 1.82) is 5.26 Å². The molecule has 1 aliphatic heterocycles. The van der Waals surface area contributed by atoms with Gasteiger partial charge in [-0.05, 0) is 31.6 Å². The van der Waals surface area contributed by atoms with Crippen LogP contribution in [-0.2, 0) is 4.74 Å². The Morgan fingerprint density at radius 3 is 2.21 bits per heavy atom. The maximum absolute atomic E-state index is 9.36. The molecule has 0 aromatic heterocycles. The zero-order chi connectivity index (χ0) is 9.65. The Hall–Kier alpha value is -0.550. The van der Waals surface area contributed by atoms with Crippen LogP contribution in [0, 0.1) is 28.1 Å². The van der Waals surface area contributed by atoms with Gasteiger partial charge in [0.2, 0.25) is 0 Å². The number of rotatable bonds is 1. The van der Waals surface area contributed by atoms with Gasteiger partial charge in [0.25, 0.3) is 0 Å². The average Bonchev–Trinajstić information content (AvgIpc) is 2.54. The molecule has 0 bridgehead atoms. The summed E-state index contributed by atoms with van der Waals surface area (Å²) in [5.41, 5.74) is 0.499. The molecule has 3 aliphatic rings. The summed E-state index contributed by atoms with van der Waals surface area (Å²) in [5.74, 6) is 0.707. The summed E-state index contributed by atoms with van der Waals surface area (Å²) in [6.07, 6.45) is 7.53. The number of ether oxygens (including phenoxy) is 1. The smallest absolute Gasteiger partial charge is 0.0693 e. The van der Waals surface area contributed by atoms with E-state index in [9.17, 15) is 5.26 Å². The first-order chi connectivity index (χ1) is 6.79. The summed E-state index contributed by atoms with van der Waals surface area (Å²) >= 11 is 0. The first-order valence-electron chi connectivity index (χ1n) is 5.78. The zero-order valence-corrected chi connectivity index (χ0v) is 8.59. The minimum absolute atomic E-state index is 0.0558. The molecule has 76 valence electrons. The summed E-state index contributed by atoms with van der Waals surface area (Å²) in [6, 6.07) is 2.62. The van der Waals surface area contributed by atoms with Gasteiger partial charge in [-0.15, -0.1) is 0 Å². The van der Waals surface area contributed by atoms with E-state index in [-0.39, 0.29) is 5.41 Å². The highest BCUT2D eigenvalue weighted by Gasteiger charge is 2.61. The van der Waals surface area contributed by atoms with Gasteiger partial charge in [-0.1, -0.05) is 12.8 Å². The van der Waals surface area contributed by atoms with Gasteiger partial charge in [0.15, 0.2) is 0 Å². The molecular weight excluding hydrogens is 174 g/mol. The van der Waals surface area contributed by atoms with Crippen molar-refractivity contribution in [3.8, 4) is 6.07 Å². The van der Waals surface area contributed by atoms with Gasteiger partial charge in [-0.3, -0.25) is 0 Å². The van der Waals surface area contributed by atoms with Crippen molar-refractivity contribution in [2.45, 2.75) is 38.5 Å². The van der Waals surface area contributed by atoms with Crippen LogP contribution >= 0.6 is 0 Å². The summed E-state index contributed by atoms with van der Waals surface area (Å²) in [5, 5.41) is 9.36. The third kappa shape index (κ3) is 0.995. The maximum atomic E-state index is 9.36. The molecule has 0 aromatic carbocycles. The number of nitriles is 1. The minimum Gasteiger partial charge on any atom is -0.380 e. The standard InChI is InChI=1S/C12H17NO/c13-7-12(10-3-1-2-4-10)5-11(6-12)8-14-9-11/h10H,1-6,8-9H2. The second-order valence-corrected chi connectivity index (χ2v) is 5.60. The van der Waals surface area contributed by atoms with Crippen LogP contribution in [0.3, 0.4) is 0 Å². The van der Waals surface area contributed by atoms with Gasteiger partial charge in [-0.2, -0.15) is 5.26 Å². The summed E-state index contributed by atoms with van der Waals surface area (Å²) in [4.78, 5) is 0. The van der Waals surface area contributed by atoms with Crippen LogP contribution < -0.4 is 0 Å². The second-order valence-electron chi connectivity index (χ2n) is 5.60. The van der Waals surface area contributed by atoms with Crippen molar-refractivity contribution >= 4 is 0 Å². The lowest BCUT2D eigenvalue weighted by Crippen LogP contribution is -2.59. The van der Waals surface area contributed by atoms with Crippen LogP contribution in [0.2, 0.25) is 0 Å². The topological polar surface area (TPSA) is 33.0 Å². The maximum Gasteiger partial charge on any atom is 0.0693 e. The number of hydrogen-bond acceptors (Lipinski definition) is 2. The molecule has 0 N–H and O–H groups in total. The highest BCUT2D eigenvalue weighted by atomic mass is 16.5. The Balaban J connectivity index is 1.72. The first-order valence-corrected chi connectivity index (χ1v) is 5.78. The van der Waals surface area contributed by atoms with E-state index in [2.05, 4.69) is 6.07 Å². The van der Waals surface area contributed by atoms with E-state index in [4.69, 9.17) is 4.74 Å². The molecule has 3 rings (SSSR count). The molecule has 2 saturated carbocycles. The van der Waals surface area contributed by atoms with Crippen molar-refractivity contribution < 1.29 is 4.74 Å². The van der Waals surface area contributed by atoms with Gasteiger partial charge in [-0.25, -0.2) is 0 Å². The predicted octanol–water partition coefficient (Wildman–Crippen LogP) is 2.50. The van der Waals surface area contributed by atoms with Crippen molar-refractivity contribution in [2.24, 2.45) is 16.7 Å². The van der Waals surface area contributed by atoms with E-state index in [1.165, 1.54) is 25.7 Å². The Bertz CT molecular complexity index is 273. The van der Waals surface area contributed by atoms with Crippen molar-refractivity contribution in [3.05, 3.63) is 0 Å². The molecule has 2 nitrogen and oxygen atoms in total. The Labute approximate surface area is 85.2 Å². The molecule has 0 aromatic rings. The summed E-state index contributed by atoms with van der Waals surface area (Å²) in [7, 11) is 0. The van der Waals surface area contributed by atoms with Crippen molar-refractivity contribution in [3.63, 3.8) is 0 Å². The van der Waals surface area contributed by atoms with Gasteiger partial charge in [0.1, 0.15) is 0 Å². The largest absolute Gasteiger partial charge is 0.380 e. The SMILES string of the molecule is N#CC1(C2CCCC2)CC2(COC2)C1. The normalized spacial score (nSPS) is 33.4. The molecule has 2 heteroatoms. The Morgan fingerprint density at radius 2 is 1.79 bits per heavy atom. The molecule has 0 atom stereocenters. The Kier molecular flexibility index (Phi) is 1.70. The molecular formula is C12H17NO. The highest BCUT2D eigenvalue weighted by molar-refractivity contribution is 5.18. The van der Waals surface area contributed by atoms with E-state index in [0.717, 1.165) is 26.1 Å². The van der Waals surface area contributed by atoms with E-state index in [0.29, 0.717) is 11.3 Å². The third-order valence-corrected chi connectivity index (χ3v) is 4.56. The minimum atomic E-state index is 0.0558. The highest BCUT2D eigenvalue weighted by Crippen LogP contribution is 2.63.